The molecule has 0 saturated carbocycles. The summed E-state index contributed by atoms with van der Waals surface area (Å²) in [5, 5.41) is 11.1. The summed E-state index contributed by atoms with van der Waals surface area (Å²) < 4.78 is 15.5. The van der Waals surface area contributed by atoms with Crippen molar-refractivity contribution in [3.8, 4) is 5.69 Å². The van der Waals surface area contributed by atoms with Gasteiger partial charge >= 0.3 is 0 Å². The summed E-state index contributed by atoms with van der Waals surface area (Å²) in [5.41, 5.74) is 2.38. The van der Waals surface area contributed by atoms with E-state index in [1.807, 2.05) is 40.1 Å². The molecule has 0 bridgehead atoms. The molecule has 0 radical (unpaired) electrons. The van der Waals surface area contributed by atoms with Crippen LogP contribution < -0.4 is 4.90 Å². The van der Waals surface area contributed by atoms with Crippen LogP contribution in [0.1, 0.15) is 5.56 Å². The molecule has 1 aromatic heterocycles. The molecule has 8 heteroatoms. The molecule has 1 aliphatic rings. The first kappa shape index (κ1) is 17.1. The Hall–Kier alpha value is -3.29. The van der Waals surface area contributed by atoms with E-state index in [9.17, 15) is 9.18 Å². The zero-order valence-corrected chi connectivity index (χ0v) is 14.7. The van der Waals surface area contributed by atoms with Crippen LogP contribution in [-0.2, 0) is 11.2 Å². The zero-order chi connectivity index (χ0) is 18.6. The second kappa shape index (κ2) is 7.53. The van der Waals surface area contributed by atoms with Crippen molar-refractivity contribution in [2.45, 2.75) is 6.42 Å². The van der Waals surface area contributed by atoms with Gasteiger partial charge in [0, 0.05) is 26.2 Å². The third-order valence-electron chi connectivity index (χ3n) is 4.73. The fourth-order valence-corrected chi connectivity index (χ4v) is 3.24. The number of halogens is 1. The third-order valence-corrected chi connectivity index (χ3v) is 4.73. The highest BCUT2D eigenvalue weighted by Gasteiger charge is 2.22. The minimum atomic E-state index is -0.222. The topological polar surface area (TPSA) is 67.2 Å². The predicted octanol–water partition coefficient (Wildman–Crippen LogP) is 1.69. The summed E-state index contributed by atoms with van der Waals surface area (Å²) in [5.74, 6) is -0.140. The van der Waals surface area contributed by atoms with Crippen LogP contribution in [0.25, 0.3) is 5.69 Å². The van der Waals surface area contributed by atoms with Gasteiger partial charge in [-0.3, -0.25) is 4.79 Å². The van der Waals surface area contributed by atoms with Gasteiger partial charge in [-0.25, -0.2) is 9.07 Å². The highest BCUT2D eigenvalue weighted by Crippen LogP contribution is 2.20. The first-order chi connectivity index (χ1) is 13.2. The fourth-order valence-electron chi connectivity index (χ4n) is 3.24. The fraction of sp³-hybridized carbons (Fsp3) is 0.263. The minimum Gasteiger partial charge on any atom is -0.366 e. The average molecular weight is 366 g/mol. The lowest BCUT2D eigenvalue weighted by Crippen LogP contribution is -2.49. The number of amides is 1. The van der Waals surface area contributed by atoms with Gasteiger partial charge in [0.2, 0.25) is 5.91 Å². The number of carbonyl (C=O) groups excluding carboxylic acids is 1. The number of aromatic nitrogens is 4. The Morgan fingerprint density at radius 3 is 2.41 bits per heavy atom. The number of para-hydroxylation sites is 1. The van der Waals surface area contributed by atoms with Crippen molar-refractivity contribution in [3.05, 3.63) is 66.2 Å². The predicted molar refractivity (Wildman–Crippen MR) is 98.1 cm³/mol. The van der Waals surface area contributed by atoms with Crippen LogP contribution in [0.2, 0.25) is 0 Å². The molecule has 0 N–H and O–H groups in total. The molecule has 4 rings (SSSR count). The number of benzene rings is 2. The normalized spacial score (nSPS) is 14.4. The van der Waals surface area contributed by atoms with Gasteiger partial charge in [-0.05, 0) is 40.3 Å². The van der Waals surface area contributed by atoms with Crippen LogP contribution >= 0.6 is 0 Å². The van der Waals surface area contributed by atoms with Gasteiger partial charge < -0.3 is 9.80 Å². The van der Waals surface area contributed by atoms with E-state index >= 15 is 0 Å². The van der Waals surface area contributed by atoms with E-state index in [2.05, 4.69) is 15.5 Å². The average Bonchev–Trinajstić information content (AvgIpc) is 3.24. The minimum absolute atomic E-state index is 0.0818. The molecule has 0 aliphatic carbocycles. The molecule has 0 atom stereocenters. The number of rotatable bonds is 4. The van der Waals surface area contributed by atoms with Crippen LogP contribution in [0.3, 0.4) is 0 Å². The Balaban J connectivity index is 1.34. The van der Waals surface area contributed by atoms with Crippen LogP contribution in [0, 0.1) is 5.82 Å². The second-order valence-electron chi connectivity index (χ2n) is 6.42. The van der Waals surface area contributed by atoms with Crippen molar-refractivity contribution in [1.29, 1.82) is 0 Å². The monoisotopic (exact) mass is 366 g/mol. The lowest BCUT2D eigenvalue weighted by Gasteiger charge is -2.36. The Kier molecular flexibility index (Phi) is 4.78. The molecule has 2 heterocycles. The molecular formula is C19H19FN6O. The quantitative estimate of drug-likeness (QED) is 0.703. The Bertz CT molecular complexity index is 904. The molecule has 3 aromatic rings. The Labute approximate surface area is 156 Å². The summed E-state index contributed by atoms with van der Waals surface area (Å²) in [7, 11) is 0. The maximum absolute atomic E-state index is 13.9. The van der Waals surface area contributed by atoms with E-state index in [1.165, 1.54) is 12.4 Å². The molecule has 2 aromatic carbocycles. The van der Waals surface area contributed by atoms with E-state index in [0.717, 1.165) is 11.3 Å². The van der Waals surface area contributed by atoms with Crippen molar-refractivity contribution >= 4 is 11.6 Å². The molecule has 1 amide bonds. The van der Waals surface area contributed by atoms with Crippen molar-refractivity contribution in [2.75, 3.05) is 31.1 Å². The van der Waals surface area contributed by atoms with E-state index < -0.39 is 0 Å². The standard InChI is InChI=1S/C19H19FN6O/c20-17-3-1-2-4-18(17)24-9-11-25(12-10-24)19(27)13-15-5-7-16(8-6-15)26-14-21-22-23-26/h1-8,14H,9-13H2. The van der Waals surface area contributed by atoms with Crippen LogP contribution in [-0.4, -0.2) is 57.2 Å². The molecule has 138 valence electrons. The Morgan fingerprint density at radius 1 is 1.00 bits per heavy atom. The summed E-state index contributed by atoms with van der Waals surface area (Å²) in [6.45, 7) is 2.45. The summed E-state index contributed by atoms with van der Waals surface area (Å²) >= 11 is 0. The molecular weight excluding hydrogens is 347 g/mol. The molecule has 0 spiro atoms. The lowest BCUT2D eigenvalue weighted by molar-refractivity contribution is -0.130. The lowest BCUT2D eigenvalue weighted by atomic mass is 10.1. The SMILES string of the molecule is O=C(Cc1ccc(-n2cnnn2)cc1)N1CCN(c2ccccc2F)CC1. The van der Waals surface area contributed by atoms with Crippen molar-refractivity contribution in [3.63, 3.8) is 0 Å². The first-order valence-corrected chi connectivity index (χ1v) is 8.80. The van der Waals surface area contributed by atoms with E-state index in [-0.39, 0.29) is 11.7 Å². The molecule has 1 aliphatic heterocycles. The van der Waals surface area contributed by atoms with E-state index in [4.69, 9.17) is 0 Å². The van der Waals surface area contributed by atoms with Gasteiger partial charge in [0.05, 0.1) is 17.8 Å². The van der Waals surface area contributed by atoms with Gasteiger partial charge in [-0.15, -0.1) is 5.10 Å². The van der Waals surface area contributed by atoms with E-state index in [0.29, 0.717) is 38.3 Å². The number of piperazine rings is 1. The number of anilines is 1. The van der Waals surface area contributed by atoms with Crippen molar-refractivity contribution in [1.82, 2.24) is 25.1 Å². The van der Waals surface area contributed by atoms with Crippen LogP contribution in [0.5, 0.6) is 0 Å². The molecule has 0 unspecified atom stereocenters. The first-order valence-electron chi connectivity index (χ1n) is 8.80. The molecule has 7 nitrogen and oxygen atoms in total. The number of carbonyl (C=O) groups is 1. The maximum atomic E-state index is 13.9. The third kappa shape index (κ3) is 3.79. The van der Waals surface area contributed by atoms with Gasteiger partial charge in [0.25, 0.3) is 0 Å². The number of hydrogen-bond acceptors (Lipinski definition) is 5. The van der Waals surface area contributed by atoms with Crippen LogP contribution in [0.4, 0.5) is 10.1 Å². The van der Waals surface area contributed by atoms with Crippen molar-refractivity contribution < 1.29 is 9.18 Å². The second-order valence-corrected chi connectivity index (χ2v) is 6.42. The zero-order valence-electron chi connectivity index (χ0n) is 14.7. The van der Waals surface area contributed by atoms with Gasteiger partial charge in [0.1, 0.15) is 12.1 Å². The molecule has 1 saturated heterocycles. The highest BCUT2D eigenvalue weighted by molar-refractivity contribution is 5.79. The van der Waals surface area contributed by atoms with E-state index in [1.54, 1.807) is 16.8 Å². The van der Waals surface area contributed by atoms with Gasteiger partial charge in [-0.1, -0.05) is 24.3 Å². The summed E-state index contributed by atoms with van der Waals surface area (Å²) in [4.78, 5) is 16.4. The van der Waals surface area contributed by atoms with Gasteiger partial charge in [-0.2, -0.15) is 0 Å². The smallest absolute Gasteiger partial charge is 0.227 e. The number of tetrazole rings is 1. The largest absolute Gasteiger partial charge is 0.366 e. The summed E-state index contributed by atoms with van der Waals surface area (Å²) in [6, 6.07) is 14.3. The van der Waals surface area contributed by atoms with Gasteiger partial charge in [0.15, 0.2) is 0 Å². The number of nitrogens with zero attached hydrogens (tertiary/aromatic N) is 6. The molecule has 1 fully saturated rings. The summed E-state index contributed by atoms with van der Waals surface area (Å²) in [6.07, 6.45) is 1.87. The Morgan fingerprint density at radius 2 is 1.74 bits per heavy atom. The molecule has 27 heavy (non-hydrogen) atoms. The highest BCUT2D eigenvalue weighted by atomic mass is 19.1. The van der Waals surface area contributed by atoms with Crippen LogP contribution in [0.15, 0.2) is 54.9 Å². The van der Waals surface area contributed by atoms with Crippen molar-refractivity contribution in [2.24, 2.45) is 0 Å². The number of hydrogen-bond donors (Lipinski definition) is 0. The maximum Gasteiger partial charge on any atom is 0.227 e.